The number of ether oxygens (including phenoxy) is 2. The van der Waals surface area contributed by atoms with Gasteiger partial charge < -0.3 is 14.4 Å². The molecule has 1 fully saturated rings. The number of nitrogens with zero attached hydrogens (tertiary/aromatic N) is 2. The van der Waals surface area contributed by atoms with E-state index in [0.717, 1.165) is 4.90 Å². The molecule has 2 heterocycles. The van der Waals surface area contributed by atoms with Gasteiger partial charge >= 0.3 is 0 Å². The molecule has 0 unspecified atom stereocenters. The molecule has 0 aliphatic carbocycles. The van der Waals surface area contributed by atoms with Gasteiger partial charge in [-0.2, -0.15) is 4.31 Å². The van der Waals surface area contributed by atoms with Crippen molar-refractivity contribution in [3.63, 3.8) is 0 Å². The zero-order valence-electron chi connectivity index (χ0n) is 16.1. The number of halogens is 1. The van der Waals surface area contributed by atoms with Crippen LogP contribution in [-0.2, 0) is 14.8 Å². The normalized spacial score (nSPS) is 17.0. The predicted molar refractivity (Wildman–Crippen MR) is 115 cm³/mol. The van der Waals surface area contributed by atoms with Crippen molar-refractivity contribution in [2.24, 2.45) is 0 Å². The minimum Gasteiger partial charge on any atom is -0.486 e. The second kappa shape index (κ2) is 9.05. The van der Waals surface area contributed by atoms with Crippen LogP contribution in [0.5, 0.6) is 11.5 Å². The van der Waals surface area contributed by atoms with Gasteiger partial charge in [-0.1, -0.05) is 11.6 Å². The van der Waals surface area contributed by atoms with E-state index in [2.05, 4.69) is 0 Å². The summed E-state index contributed by atoms with van der Waals surface area (Å²) in [6, 6.07) is 12.0. The Morgan fingerprint density at radius 3 is 2.33 bits per heavy atom. The van der Waals surface area contributed by atoms with Crippen LogP contribution in [0.4, 0.5) is 0 Å². The zero-order chi connectivity index (χ0) is 21.1. The molecule has 10 heteroatoms. The van der Waals surface area contributed by atoms with Gasteiger partial charge in [0.05, 0.1) is 10.6 Å². The van der Waals surface area contributed by atoms with Crippen molar-refractivity contribution < 1.29 is 22.7 Å². The van der Waals surface area contributed by atoms with E-state index < -0.39 is 10.0 Å². The molecule has 1 amide bonds. The average Bonchev–Trinajstić information content (AvgIpc) is 2.78. The van der Waals surface area contributed by atoms with E-state index >= 15 is 0 Å². The summed E-state index contributed by atoms with van der Waals surface area (Å²) in [6.07, 6.45) is 0. The number of amides is 1. The number of thioether (sulfide) groups is 1. The molecule has 0 spiro atoms. The molecule has 160 valence electrons. The molecular formula is C20H21ClN2O5S2. The van der Waals surface area contributed by atoms with E-state index in [1.165, 1.54) is 28.2 Å². The maximum Gasteiger partial charge on any atom is 0.243 e. The summed E-state index contributed by atoms with van der Waals surface area (Å²) in [5.74, 6) is 1.28. The number of hydrogen-bond donors (Lipinski definition) is 0. The van der Waals surface area contributed by atoms with E-state index in [-0.39, 0.29) is 23.9 Å². The molecule has 2 aromatic rings. The van der Waals surface area contributed by atoms with Crippen LogP contribution < -0.4 is 9.47 Å². The number of carbonyl (C=O) groups is 1. The van der Waals surface area contributed by atoms with E-state index in [1.807, 2.05) is 12.1 Å². The lowest BCUT2D eigenvalue weighted by molar-refractivity contribution is -0.129. The van der Waals surface area contributed by atoms with E-state index in [1.54, 1.807) is 23.1 Å². The standard InChI is InChI=1S/C20H21ClN2O5S2/c21-15-1-3-16(4-2-15)29-14-20(24)22-7-9-23(10-8-22)30(25,26)17-5-6-18-19(13-17)28-12-11-27-18/h1-6,13H,7-12,14H2. The van der Waals surface area contributed by atoms with Crippen molar-refractivity contribution in [3.8, 4) is 11.5 Å². The number of rotatable bonds is 5. The van der Waals surface area contributed by atoms with Gasteiger partial charge in [-0.05, 0) is 36.4 Å². The third kappa shape index (κ3) is 4.69. The molecule has 2 aromatic carbocycles. The molecule has 7 nitrogen and oxygen atoms in total. The topological polar surface area (TPSA) is 76.2 Å². The number of sulfonamides is 1. The van der Waals surface area contributed by atoms with Crippen LogP contribution in [0.15, 0.2) is 52.3 Å². The Morgan fingerprint density at radius 2 is 1.63 bits per heavy atom. The van der Waals surface area contributed by atoms with Crippen molar-refractivity contribution in [1.29, 1.82) is 0 Å². The van der Waals surface area contributed by atoms with Crippen molar-refractivity contribution in [2.75, 3.05) is 45.1 Å². The lowest BCUT2D eigenvalue weighted by atomic mass is 10.3. The molecule has 2 aliphatic rings. The minimum absolute atomic E-state index is 0.00803. The van der Waals surface area contributed by atoms with Gasteiger partial charge in [0.1, 0.15) is 13.2 Å². The van der Waals surface area contributed by atoms with Crippen molar-refractivity contribution in [1.82, 2.24) is 9.21 Å². The lowest BCUT2D eigenvalue weighted by Gasteiger charge is -2.34. The van der Waals surface area contributed by atoms with Crippen LogP contribution in [0.3, 0.4) is 0 Å². The fourth-order valence-corrected chi connectivity index (χ4v) is 5.64. The number of piperazine rings is 1. The Kier molecular flexibility index (Phi) is 6.43. The van der Waals surface area contributed by atoms with Gasteiger partial charge in [-0.15, -0.1) is 11.8 Å². The molecular weight excluding hydrogens is 448 g/mol. The summed E-state index contributed by atoms with van der Waals surface area (Å²) >= 11 is 7.31. The monoisotopic (exact) mass is 468 g/mol. The molecule has 1 saturated heterocycles. The number of hydrogen-bond acceptors (Lipinski definition) is 6. The Labute approximate surface area is 184 Å². The maximum absolute atomic E-state index is 13.0. The molecule has 0 atom stereocenters. The minimum atomic E-state index is -3.66. The van der Waals surface area contributed by atoms with Crippen LogP contribution in [-0.4, -0.2) is 68.7 Å². The molecule has 2 aliphatic heterocycles. The molecule has 0 radical (unpaired) electrons. The van der Waals surface area contributed by atoms with Crippen molar-refractivity contribution in [2.45, 2.75) is 9.79 Å². The first kappa shape index (κ1) is 21.3. The Balaban J connectivity index is 1.34. The molecule has 0 bridgehead atoms. The summed E-state index contributed by atoms with van der Waals surface area (Å²) in [4.78, 5) is 15.3. The van der Waals surface area contributed by atoms with Gasteiger partial charge in [0.15, 0.2) is 11.5 Å². The third-order valence-electron chi connectivity index (χ3n) is 4.92. The smallest absolute Gasteiger partial charge is 0.243 e. The zero-order valence-corrected chi connectivity index (χ0v) is 18.5. The summed E-state index contributed by atoms with van der Waals surface area (Å²) < 4.78 is 38.4. The van der Waals surface area contributed by atoms with Crippen molar-refractivity contribution in [3.05, 3.63) is 47.5 Å². The predicted octanol–water partition coefficient (Wildman–Crippen LogP) is 2.74. The molecule has 0 N–H and O–H groups in total. The van der Waals surface area contributed by atoms with Crippen LogP contribution in [0.25, 0.3) is 0 Å². The average molecular weight is 469 g/mol. The Morgan fingerprint density at radius 1 is 0.967 bits per heavy atom. The highest BCUT2D eigenvalue weighted by Gasteiger charge is 2.31. The second-order valence-electron chi connectivity index (χ2n) is 6.83. The van der Waals surface area contributed by atoms with E-state index in [9.17, 15) is 13.2 Å². The second-order valence-corrected chi connectivity index (χ2v) is 10.3. The first-order valence-electron chi connectivity index (χ1n) is 9.49. The SMILES string of the molecule is O=C(CSc1ccc(Cl)cc1)N1CCN(S(=O)(=O)c2ccc3c(c2)OCCO3)CC1. The highest BCUT2D eigenvalue weighted by atomic mass is 35.5. The quantitative estimate of drug-likeness (QED) is 0.628. The Bertz CT molecular complexity index is 1020. The van der Waals surface area contributed by atoms with Gasteiger partial charge in [0, 0.05) is 42.2 Å². The van der Waals surface area contributed by atoms with E-state index in [4.69, 9.17) is 21.1 Å². The highest BCUT2D eigenvalue weighted by Crippen LogP contribution is 2.33. The molecule has 0 aromatic heterocycles. The lowest BCUT2D eigenvalue weighted by Crippen LogP contribution is -2.50. The van der Waals surface area contributed by atoms with Crippen molar-refractivity contribution >= 4 is 39.3 Å². The number of fused-ring (bicyclic) bond motifs is 1. The Hall–Kier alpha value is -1.94. The molecule has 30 heavy (non-hydrogen) atoms. The third-order valence-corrected chi connectivity index (χ3v) is 8.06. The van der Waals surface area contributed by atoms with E-state index in [0.29, 0.717) is 48.6 Å². The first-order chi connectivity index (χ1) is 14.4. The van der Waals surface area contributed by atoms with Gasteiger partial charge in [0.25, 0.3) is 0 Å². The summed E-state index contributed by atoms with van der Waals surface area (Å²) in [6.45, 7) is 2.09. The van der Waals surface area contributed by atoms with Gasteiger partial charge in [-0.3, -0.25) is 4.79 Å². The maximum atomic E-state index is 13.0. The summed E-state index contributed by atoms with van der Waals surface area (Å²) in [5, 5.41) is 0.654. The summed E-state index contributed by atoms with van der Waals surface area (Å²) in [5.41, 5.74) is 0. The number of carbonyl (C=O) groups excluding carboxylic acids is 1. The van der Waals surface area contributed by atoms with Crippen LogP contribution in [0.2, 0.25) is 5.02 Å². The molecule has 4 rings (SSSR count). The molecule has 0 saturated carbocycles. The summed E-state index contributed by atoms with van der Waals surface area (Å²) in [7, 11) is -3.66. The van der Waals surface area contributed by atoms with Crippen LogP contribution in [0.1, 0.15) is 0 Å². The highest BCUT2D eigenvalue weighted by molar-refractivity contribution is 8.00. The largest absolute Gasteiger partial charge is 0.486 e. The van der Waals surface area contributed by atoms with Gasteiger partial charge in [-0.25, -0.2) is 8.42 Å². The van der Waals surface area contributed by atoms with Crippen LogP contribution in [0, 0.1) is 0 Å². The van der Waals surface area contributed by atoms with Crippen LogP contribution >= 0.6 is 23.4 Å². The number of benzene rings is 2. The fourth-order valence-electron chi connectivity index (χ4n) is 3.28. The van der Waals surface area contributed by atoms with Gasteiger partial charge in [0.2, 0.25) is 15.9 Å². The fraction of sp³-hybridized carbons (Fsp3) is 0.350. The first-order valence-corrected chi connectivity index (χ1v) is 12.3.